The monoisotopic (exact) mass is 333 g/mol. The van der Waals surface area contributed by atoms with E-state index in [2.05, 4.69) is 30.8 Å². The SMILES string of the molecule is O=C(NCc1ccc(Br)cc1)c1cn2c(n1)CCCC2. The van der Waals surface area contributed by atoms with Crippen molar-refractivity contribution in [3.8, 4) is 0 Å². The zero-order valence-corrected chi connectivity index (χ0v) is 12.7. The number of carbonyl (C=O) groups excluding carboxylic acids is 1. The van der Waals surface area contributed by atoms with Gasteiger partial charge in [0.05, 0.1) is 0 Å². The average Bonchev–Trinajstić information content (AvgIpc) is 2.90. The van der Waals surface area contributed by atoms with Gasteiger partial charge >= 0.3 is 0 Å². The fraction of sp³-hybridized carbons (Fsp3) is 0.333. The molecule has 0 saturated heterocycles. The van der Waals surface area contributed by atoms with Crippen molar-refractivity contribution in [1.82, 2.24) is 14.9 Å². The molecule has 1 aromatic carbocycles. The predicted molar refractivity (Wildman–Crippen MR) is 80.5 cm³/mol. The quantitative estimate of drug-likeness (QED) is 0.938. The highest BCUT2D eigenvalue weighted by atomic mass is 79.9. The molecule has 1 aliphatic rings. The number of nitrogens with one attached hydrogen (secondary N) is 1. The van der Waals surface area contributed by atoms with E-state index in [1.807, 2.05) is 30.5 Å². The van der Waals surface area contributed by atoms with Gasteiger partial charge in [-0.2, -0.15) is 0 Å². The van der Waals surface area contributed by atoms with E-state index < -0.39 is 0 Å². The van der Waals surface area contributed by atoms with E-state index in [0.29, 0.717) is 12.2 Å². The van der Waals surface area contributed by atoms with Crippen LogP contribution >= 0.6 is 15.9 Å². The summed E-state index contributed by atoms with van der Waals surface area (Å²) >= 11 is 3.39. The molecule has 0 aliphatic carbocycles. The lowest BCUT2D eigenvalue weighted by Crippen LogP contribution is -2.23. The highest BCUT2D eigenvalue weighted by Crippen LogP contribution is 2.15. The van der Waals surface area contributed by atoms with Crippen LogP contribution in [0.15, 0.2) is 34.9 Å². The summed E-state index contributed by atoms with van der Waals surface area (Å²) < 4.78 is 3.13. The second kappa shape index (κ2) is 5.79. The summed E-state index contributed by atoms with van der Waals surface area (Å²) in [6.45, 7) is 1.50. The van der Waals surface area contributed by atoms with E-state index in [9.17, 15) is 4.79 Å². The Morgan fingerprint density at radius 1 is 1.30 bits per heavy atom. The average molecular weight is 334 g/mol. The Morgan fingerprint density at radius 3 is 2.85 bits per heavy atom. The molecule has 1 aromatic heterocycles. The van der Waals surface area contributed by atoms with E-state index in [-0.39, 0.29) is 5.91 Å². The number of nitrogens with zero attached hydrogens (tertiary/aromatic N) is 2. The molecular formula is C15H16BrN3O. The van der Waals surface area contributed by atoms with Crippen LogP contribution < -0.4 is 5.32 Å². The molecule has 1 aliphatic heterocycles. The van der Waals surface area contributed by atoms with E-state index in [0.717, 1.165) is 35.2 Å². The van der Waals surface area contributed by atoms with Crippen molar-refractivity contribution < 1.29 is 4.79 Å². The molecule has 0 atom stereocenters. The Kier molecular flexibility index (Phi) is 3.87. The van der Waals surface area contributed by atoms with Gasteiger partial charge in [0, 0.05) is 30.2 Å². The Hall–Kier alpha value is -1.62. The number of fused-ring (bicyclic) bond motifs is 1. The smallest absolute Gasteiger partial charge is 0.271 e. The van der Waals surface area contributed by atoms with Crippen LogP contribution in [0.4, 0.5) is 0 Å². The van der Waals surface area contributed by atoms with Crippen molar-refractivity contribution in [2.45, 2.75) is 32.4 Å². The Morgan fingerprint density at radius 2 is 2.10 bits per heavy atom. The molecule has 0 spiro atoms. The Bertz CT molecular complexity index is 595. The third kappa shape index (κ3) is 2.93. The van der Waals surface area contributed by atoms with Crippen molar-refractivity contribution in [3.05, 3.63) is 52.0 Å². The van der Waals surface area contributed by atoms with Gasteiger partial charge in [-0.25, -0.2) is 4.98 Å². The van der Waals surface area contributed by atoms with Crippen LogP contribution in [0.5, 0.6) is 0 Å². The third-order valence-corrected chi connectivity index (χ3v) is 4.04. The van der Waals surface area contributed by atoms with Gasteiger partial charge in [0.25, 0.3) is 5.91 Å². The van der Waals surface area contributed by atoms with Crippen LogP contribution in [0.1, 0.15) is 34.7 Å². The van der Waals surface area contributed by atoms with Crippen molar-refractivity contribution in [1.29, 1.82) is 0 Å². The first kappa shape index (κ1) is 13.4. The van der Waals surface area contributed by atoms with Gasteiger partial charge in [0.2, 0.25) is 0 Å². The fourth-order valence-electron chi connectivity index (χ4n) is 2.40. The summed E-state index contributed by atoms with van der Waals surface area (Å²) in [7, 11) is 0. The fourth-order valence-corrected chi connectivity index (χ4v) is 2.66. The first-order chi connectivity index (χ1) is 9.72. The standard InChI is InChI=1S/C15H16BrN3O/c16-12-6-4-11(5-7-12)9-17-15(20)13-10-19-8-2-1-3-14(19)18-13/h4-7,10H,1-3,8-9H2,(H,17,20). The normalized spacial score (nSPS) is 13.8. The van der Waals surface area contributed by atoms with Gasteiger partial charge in [0.15, 0.2) is 0 Å². The minimum atomic E-state index is -0.102. The number of hydrogen-bond donors (Lipinski definition) is 1. The van der Waals surface area contributed by atoms with Gasteiger partial charge in [0.1, 0.15) is 11.5 Å². The minimum Gasteiger partial charge on any atom is -0.347 e. The Balaban J connectivity index is 1.64. The second-order valence-electron chi connectivity index (χ2n) is 5.00. The summed E-state index contributed by atoms with van der Waals surface area (Å²) in [5, 5.41) is 2.91. The molecule has 0 saturated carbocycles. The number of benzene rings is 1. The van der Waals surface area contributed by atoms with Gasteiger partial charge < -0.3 is 9.88 Å². The maximum atomic E-state index is 12.1. The number of hydrogen-bond acceptors (Lipinski definition) is 2. The second-order valence-corrected chi connectivity index (χ2v) is 5.92. The van der Waals surface area contributed by atoms with Crippen molar-refractivity contribution in [3.63, 3.8) is 0 Å². The van der Waals surface area contributed by atoms with E-state index in [1.54, 1.807) is 0 Å². The summed E-state index contributed by atoms with van der Waals surface area (Å²) in [5.74, 6) is 0.930. The first-order valence-corrected chi connectivity index (χ1v) is 7.60. The van der Waals surface area contributed by atoms with Gasteiger partial charge in [-0.3, -0.25) is 4.79 Å². The highest BCUT2D eigenvalue weighted by Gasteiger charge is 2.16. The summed E-state index contributed by atoms with van der Waals surface area (Å²) in [5.41, 5.74) is 1.60. The number of rotatable bonds is 3. The number of imidazole rings is 1. The topological polar surface area (TPSA) is 46.9 Å². The number of aromatic nitrogens is 2. The molecule has 20 heavy (non-hydrogen) atoms. The molecule has 104 valence electrons. The van der Waals surface area contributed by atoms with Gasteiger partial charge in [-0.15, -0.1) is 0 Å². The van der Waals surface area contributed by atoms with Crippen molar-refractivity contribution in [2.24, 2.45) is 0 Å². The molecule has 4 nitrogen and oxygen atoms in total. The number of carbonyl (C=O) groups is 1. The number of amides is 1. The van der Waals surface area contributed by atoms with Crippen LogP contribution in [-0.4, -0.2) is 15.5 Å². The minimum absolute atomic E-state index is 0.102. The molecular weight excluding hydrogens is 318 g/mol. The van der Waals surface area contributed by atoms with Crippen LogP contribution in [0.2, 0.25) is 0 Å². The lowest BCUT2D eigenvalue weighted by atomic mass is 10.2. The van der Waals surface area contributed by atoms with Gasteiger partial charge in [-0.05, 0) is 30.5 Å². The van der Waals surface area contributed by atoms with Crippen LogP contribution in [0, 0.1) is 0 Å². The van der Waals surface area contributed by atoms with E-state index >= 15 is 0 Å². The summed E-state index contributed by atoms with van der Waals surface area (Å²) in [6.07, 6.45) is 5.17. The highest BCUT2D eigenvalue weighted by molar-refractivity contribution is 9.10. The molecule has 2 heterocycles. The first-order valence-electron chi connectivity index (χ1n) is 6.81. The van der Waals surface area contributed by atoms with Crippen LogP contribution in [-0.2, 0) is 19.5 Å². The lowest BCUT2D eigenvalue weighted by Gasteiger charge is -2.11. The number of aryl methyl sites for hydroxylation is 2. The van der Waals surface area contributed by atoms with E-state index in [4.69, 9.17) is 0 Å². The maximum absolute atomic E-state index is 12.1. The molecule has 1 N–H and O–H groups in total. The lowest BCUT2D eigenvalue weighted by molar-refractivity contribution is 0.0946. The molecule has 0 bridgehead atoms. The summed E-state index contributed by atoms with van der Waals surface area (Å²) in [6, 6.07) is 7.92. The zero-order chi connectivity index (χ0) is 13.9. The summed E-state index contributed by atoms with van der Waals surface area (Å²) in [4.78, 5) is 16.5. The molecule has 5 heteroatoms. The molecule has 0 radical (unpaired) electrons. The van der Waals surface area contributed by atoms with Crippen molar-refractivity contribution >= 4 is 21.8 Å². The molecule has 0 unspecified atom stereocenters. The van der Waals surface area contributed by atoms with E-state index in [1.165, 1.54) is 6.42 Å². The molecule has 3 rings (SSSR count). The largest absolute Gasteiger partial charge is 0.347 e. The number of halogens is 1. The molecule has 2 aromatic rings. The van der Waals surface area contributed by atoms with Crippen LogP contribution in [0.25, 0.3) is 0 Å². The predicted octanol–water partition coefficient (Wildman–Crippen LogP) is 2.91. The van der Waals surface area contributed by atoms with Crippen molar-refractivity contribution in [2.75, 3.05) is 0 Å². The molecule has 1 amide bonds. The zero-order valence-electron chi connectivity index (χ0n) is 11.1. The van der Waals surface area contributed by atoms with Gasteiger partial charge in [-0.1, -0.05) is 28.1 Å². The Labute approximate surface area is 126 Å². The maximum Gasteiger partial charge on any atom is 0.271 e. The molecule has 0 fully saturated rings. The van der Waals surface area contributed by atoms with Crippen LogP contribution in [0.3, 0.4) is 0 Å². The third-order valence-electron chi connectivity index (χ3n) is 3.51.